The highest BCUT2D eigenvalue weighted by Crippen LogP contribution is 2.18. The second kappa shape index (κ2) is 5.71. The number of carbonyl (C=O) groups is 2. The molecule has 0 radical (unpaired) electrons. The van der Waals surface area contributed by atoms with Crippen LogP contribution in [0, 0.1) is 25.7 Å². The number of hydrogen-bond acceptors (Lipinski definition) is 3. The fraction of sp³-hybridized carbons (Fsp3) is 0.231. The van der Waals surface area contributed by atoms with Gasteiger partial charge in [-0.3, -0.25) is 4.79 Å². The zero-order valence-electron chi connectivity index (χ0n) is 9.96. The highest BCUT2D eigenvalue weighted by atomic mass is 16.5. The molecule has 1 aromatic rings. The Morgan fingerprint density at radius 3 is 2.29 bits per heavy atom. The summed E-state index contributed by atoms with van der Waals surface area (Å²) in [5, 5.41) is 2.64. The number of methoxy groups -OCH3 is 1. The molecule has 4 nitrogen and oxygen atoms in total. The van der Waals surface area contributed by atoms with Gasteiger partial charge in [0.1, 0.15) is 0 Å². The predicted molar refractivity (Wildman–Crippen MR) is 64.3 cm³/mol. The lowest BCUT2D eigenvalue weighted by Crippen LogP contribution is -2.11. The van der Waals surface area contributed by atoms with Crippen LogP contribution in [0.5, 0.6) is 0 Å². The first-order valence-electron chi connectivity index (χ1n) is 5.01. The highest BCUT2D eigenvalue weighted by molar-refractivity contribution is 6.08. The van der Waals surface area contributed by atoms with Crippen LogP contribution < -0.4 is 5.32 Å². The normalized spacial score (nSPS) is 8.88. The number of carbonyl (C=O) groups excluding carboxylic acids is 2. The fourth-order valence-corrected chi connectivity index (χ4v) is 1.32. The van der Waals surface area contributed by atoms with E-state index >= 15 is 0 Å². The molecule has 0 aromatic heterocycles. The number of aryl methyl sites for hydroxylation is 2. The van der Waals surface area contributed by atoms with E-state index in [4.69, 9.17) is 0 Å². The molecular formula is C13H13NO3. The van der Waals surface area contributed by atoms with Crippen LogP contribution in [0.4, 0.5) is 5.69 Å². The molecule has 1 amide bonds. The number of ether oxygens (including phenoxy) is 1. The number of para-hydroxylation sites is 1. The summed E-state index contributed by atoms with van der Waals surface area (Å²) in [7, 11) is 1.21. The number of amides is 1. The van der Waals surface area contributed by atoms with Gasteiger partial charge in [0.05, 0.1) is 7.11 Å². The molecule has 0 spiro atoms. The molecule has 4 heteroatoms. The molecule has 0 heterocycles. The van der Waals surface area contributed by atoms with E-state index in [0.29, 0.717) is 0 Å². The molecule has 17 heavy (non-hydrogen) atoms. The minimum Gasteiger partial charge on any atom is -0.459 e. The number of anilines is 1. The van der Waals surface area contributed by atoms with Crippen molar-refractivity contribution in [1.82, 2.24) is 0 Å². The van der Waals surface area contributed by atoms with Crippen molar-refractivity contribution in [2.24, 2.45) is 0 Å². The zero-order valence-corrected chi connectivity index (χ0v) is 9.96. The van der Waals surface area contributed by atoms with Crippen LogP contribution in [-0.2, 0) is 14.3 Å². The molecule has 88 valence electrons. The van der Waals surface area contributed by atoms with Gasteiger partial charge in [-0.2, -0.15) is 0 Å². The molecule has 0 saturated heterocycles. The van der Waals surface area contributed by atoms with E-state index in [1.165, 1.54) is 7.11 Å². The van der Waals surface area contributed by atoms with Crippen molar-refractivity contribution in [3.63, 3.8) is 0 Å². The zero-order chi connectivity index (χ0) is 12.8. The molecule has 0 aliphatic heterocycles. The third kappa shape index (κ3) is 3.65. The van der Waals surface area contributed by atoms with Crippen LogP contribution in [0.15, 0.2) is 18.2 Å². The Morgan fingerprint density at radius 2 is 1.76 bits per heavy atom. The Hall–Kier alpha value is -2.28. The van der Waals surface area contributed by atoms with Crippen LogP contribution in [-0.4, -0.2) is 19.0 Å². The molecule has 1 N–H and O–H groups in total. The van der Waals surface area contributed by atoms with Gasteiger partial charge in [-0.25, -0.2) is 4.79 Å². The van der Waals surface area contributed by atoms with E-state index in [0.717, 1.165) is 16.8 Å². The largest absolute Gasteiger partial charge is 0.459 e. The first kappa shape index (κ1) is 12.8. The molecule has 0 aliphatic carbocycles. The smallest absolute Gasteiger partial charge is 0.384 e. The van der Waals surface area contributed by atoms with Gasteiger partial charge in [-0.15, -0.1) is 0 Å². The molecule has 0 bridgehead atoms. The van der Waals surface area contributed by atoms with Gasteiger partial charge in [-0.1, -0.05) is 18.2 Å². The topological polar surface area (TPSA) is 55.4 Å². The SMILES string of the molecule is COC(=O)C#CC(=O)Nc1c(C)cccc1C. The molecule has 1 rings (SSSR count). The quantitative estimate of drug-likeness (QED) is 0.452. The standard InChI is InChI=1S/C13H13NO3/c1-9-5-4-6-10(2)13(9)14-11(15)7-8-12(16)17-3/h4-6H,1-3H3,(H,14,15). The first-order chi connectivity index (χ1) is 8.04. The molecule has 0 unspecified atom stereocenters. The lowest BCUT2D eigenvalue weighted by molar-refractivity contribution is -0.133. The van der Waals surface area contributed by atoms with Gasteiger partial charge in [0.2, 0.25) is 0 Å². The number of hydrogen-bond donors (Lipinski definition) is 1. The van der Waals surface area contributed by atoms with Crippen molar-refractivity contribution in [2.75, 3.05) is 12.4 Å². The molecule has 0 fully saturated rings. The molecule has 0 saturated carbocycles. The summed E-state index contributed by atoms with van der Waals surface area (Å²) >= 11 is 0. The molecule has 0 aliphatic rings. The monoisotopic (exact) mass is 231 g/mol. The predicted octanol–water partition coefficient (Wildman–Crippen LogP) is 1.42. The lowest BCUT2D eigenvalue weighted by Gasteiger charge is -2.08. The van der Waals surface area contributed by atoms with Gasteiger partial charge in [0.15, 0.2) is 0 Å². The van der Waals surface area contributed by atoms with E-state index in [2.05, 4.69) is 21.9 Å². The van der Waals surface area contributed by atoms with Crippen LogP contribution >= 0.6 is 0 Å². The molecule has 1 aromatic carbocycles. The summed E-state index contributed by atoms with van der Waals surface area (Å²) in [6.45, 7) is 3.77. The van der Waals surface area contributed by atoms with E-state index in [-0.39, 0.29) is 0 Å². The van der Waals surface area contributed by atoms with Crippen LogP contribution in [0.1, 0.15) is 11.1 Å². The number of benzene rings is 1. The van der Waals surface area contributed by atoms with E-state index < -0.39 is 11.9 Å². The van der Waals surface area contributed by atoms with Crippen LogP contribution in [0.3, 0.4) is 0 Å². The van der Waals surface area contributed by atoms with E-state index in [9.17, 15) is 9.59 Å². The van der Waals surface area contributed by atoms with Crippen molar-refractivity contribution >= 4 is 17.6 Å². The van der Waals surface area contributed by atoms with Crippen molar-refractivity contribution in [3.05, 3.63) is 29.3 Å². The fourth-order valence-electron chi connectivity index (χ4n) is 1.32. The Kier molecular flexibility index (Phi) is 4.29. The second-order valence-corrected chi connectivity index (χ2v) is 3.46. The maximum atomic E-state index is 11.4. The number of nitrogens with one attached hydrogen (secondary N) is 1. The van der Waals surface area contributed by atoms with Crippen molar-refractivity contribution in [1.29, 1.82) is 0 Å². The minimum absolute atomic E-state index is 0.534. The Morgan fingerprint density at radius 1 is 1.18 bits per heavy atom. The van der Waals surface area contributed by atoms with Gasteiger partial charge >= 0.3 is 11.9 Å². The van der Waals surface area contributed by atoms with E-state index in [1.54, 1.807) is 0 Å². The van der Waals surface area contributed by atoms with Crippen molar-refractivity contribution < 1.29 is 14.3 Å². The summed E-state index contributed by atoms with van der Waals surface area (Å²) in [6.07, 6.45) is 0. The average Bonchev–Trinajstić information content (AvgIpc) is 2.31. The molecular weight excluding hydrogens is 218 g/mol. The van der Waals surface area contributed by atoms with Gasteiger partial charge < -0.3 is 10.1 Å². The summed E-state index contributed by atoms with van der Waals surface area (Å²) < 4.78 is 4.31. The van der Waals surface area contributed by atoms with Crippen LogP contribution in [0.2, 0.25) is 0 Å². The van der Waals surface area contributed by atoms with Gasteiger partial charge in [0.25, 0.3) is 0 Å². The Labute approximate surface area is 100.0 Å². The summed E-state index contributed by atoms with van der Waals surface area (Å²) in [4.78, 5) is 22.2. The van der Waals surface area contributed by atoms with Crippen molar-refractivity contribution in [3.8, 4) is 11.8 Å². The van der Waals surface area contributed by atoms with Gasteiger partial charge in [0, 0.05) is 17.5 Å². The Bertz CT molecular complexity index is 489. The summed E-state index contributed by atoms with van der Waals surface area (Å²) in [5.74, 6) is 2.96. The minimum atomic E-state index is -0.735. The first-order valence-corrected chi connectivity index (χ1v) is 5.01. The lowest BCUT2D eigenvalue weighted by atomic mass is 10.1. The van der Waals surface area contributed by atoms with Crippen LogP contribution in [0.25, 0.3) is 0 Å². The van der Waals surface area contributed by atoms with Crippen molar-refractivity contribution in [2.45, 2.75) is 13.8 Å². The summed E-state index contributed by atoms with van der Waals surface area (Å²) in [5.41, 5.74) is 2.60. The second-order valence-electron chi connectivity index (χ2n) is 3.46. The number of esters is 1. The molecule has 0 atom stereocenters. The highest BCUT2D eigenvalue weighted by Gasteiger charge is 2.04. The average molecular weight is 231 g/mol. The maximum absolute atomic E-state index is 11.4. The third-order valence-corrected chi connectivity index (χ3v) is 2.18. The maximum Gasteiger partial charge on any atom is 0.384 e. The number of rotatable bonds is 1. The van der Waals surface area contributed by atoms with E-state index in [1.807, 2.05) is 32.0 Å². The summed E-state index contributed by atoms with van der Waals surface area (Å²) in [6, 6.07) is 5.67. The third-order valence-electron chi connectivity index (χ3n) is 2.18. The Balaban J connectivity index is 2.81. The van der Waals surface area contributed by atoms with Gasteiger partial charge in [-0.05, 0) is 25.0 Å².